The molecule has 6 nitrogen and oxygen atoms in total. The molecule has 1 atom stereocenters. The molecule has 0 aliphatic carbocycles. The second-order valence-corrected chi connectivity index (χ2v) is 3.85. The molecule has 0 saturated carbocycles. The summed E-state index contributed by atoms with van der Waals surface area (Å²) in [5.41, 5.74) is 0.367. The molecule has 6 heteroatoms. The third-order valence-electron chi connectivity index (χ3n) is 2.64. The first-order valence-electron chi connectivity index (χ1n) is 5.87. The van der Waals surface area contributed by atoms with Crippen molar-refractivity contribution in [2.24, 2.45) is 0 Å². The van der Waals surface area contributed by atoms with E-state index >= 15 is 0 Å². The Balaban J connectivity index is 2.05. The Morgan fingerprint density at radius 1 is 1.21 bits per heavy atom. The average Bonchev–Trinajstić information content (AvgIpc) is 2.47. The Labute approximate surface area is 111 Å². The molecule has 104 valence electrons. The number of rotatable bonds is 4. The predicted octanol–water partition coefficient (Wildman–Crippen LogP) is 1.23. The highest BCUT2D eigenvalue weighted by Crippen LogP contribution is 2.28. The van der Waals surface area contributed by atoms with Crippen molar-refractivity contribution in [1.29, 1.82) is 0 Å². The Morgan fingerprint density at radius 3 is 2.63 bits per heavy atom. The van der Waals surface area contributed by atoms with Crippen LogP contribution in [0.15, 0.2) is 18.2 Å². The molecule has 0 aromatic heterocycles. The monoisotopic (exact) mass is 268 g/mol. The van der Waals surface area contributed by atoms with E-state index in [1.165, 1.54) is 14.2 Å². The van der Waals surface area contributed by atoms with Crippen molar-refractivity contribution in [3.63, 3.8) is 0 Å². The molecule has 1 saturated heterocycles. The third-order valence-corrected chi connectivity index (χ3v) is 2.64. The summed E-state index contributed by atoms with van der Waals surface area (Å²) in [6, 6.07) is 4.81. The minimum absolute atomic E-state index is 0.249. The number of esters is 1. The number of carbonyl (C=O) groups excluding carboxylic acids is 1. The van der Waals surface area contributed by atoms with Gasteiger partial charge in [-0.15, -0.1) is 0 Å². The maximum Gasteiger partial charge on any atom is 0.340 e. The van der Waals surface area contributed by atoms with Gasteiger partial charge in [0.2, 0.25) is 6.29 Å². The fraction of sp³-hybridized carbons (Fsp3) is 0.462. The van der Waals surface area contributed by atoms with Crippen molar-refractivity contribution < 1.29 is 28.5 Å². The average molecular weight is 268 g/mol. The summed E-state index contributed by atoms with van der Waals surface area (Å²) in [6.07, 6.45) is -0.658. The summed E-state index contributed by atoms with van der Waals surface area (Å²) in [5, 5.41) is 0. The molecule has 19 heavy (non-hydrogen) atoms. The van der Waals surface area contributed by atoms with Gasteiger partial charge in [-0.3, -0.25) is 0 Å². The van der Waals surface area contributed by atoms with Crippen molar-refractivity contribution >= 4 is 5.97 Å². The second kappa shape index (κ2) is 6.40. The molecular formula is C13H16O6. The number of methoxy groups -OCH3 is 2. The molecule has 1 aromatic carbocycles. The molecule has 1 unspecified atom stereocenters. The van der Waals surface area contributed by atoms with E-state index in [2.05, 4.69) is 0 Å². The summed E-state index contributed by atoms with van der Waals surface area (Å²) >= 11 is 0. The van der Waals surface area contributed by atoms with Crippen LogP contribution in [-0.2, 0) is 14.2 Å². The van der Waals surface area contributed by atoms with Crippen LogP contribution in [0.4, 0.5) is 0 Å². The number of hydrogen-bond donors (Lipinski definition) is 0. The lowest BCUT2D eigenvalue weighted by atomic mass is 10.2. The molecule has 1 aliphatic rings. The van der Waals surface area contributed by atoms with E-state index < -0.39 is 12.3 Å². The number of ether oxygens (including phenoxy) is 5. The first-order valence-corrected chi connectivity index (χ1v) is 5.87. The van der Waals surface area contributed by atoms with E-state index in [0.717, 1.165) is 0 Å². The zero-order chi connectivity index (χ0) is 13.7. The Morgan fingerprint density at radius 2 is 2.00 bits per heavy atom. The zero-order valence-corrected chi connectivity index (χ0v) is 10.9. The number of hydrogen-bond acceptors (Lipinski definition) is 6. The lowest BCUT2D eigenvalue weighted by molar-refractivity contribution is -0.186. The van der Waals surface area contributed by atoms with E-state index in [9.17, 15) is 4.79 Å². The van der Waals surface area contributed by atoms with E-state index in [4.69, 9.17) is 23.7 Å². The molecule has 1 aliphatic heterocycles. The molecule has 0 N–H and O–H groups in total. The van der Waals surface area contributed by atoms with Crippen LogP contribution in [0.1, 0.15) is 10.4 Å². The van der Waals surface area contributed by atoms with Crippen molar-refractivity contribution in [1.82, 2.24) is 0 Å². The minimum Gasteiger partial charge on any atom is -0.493 e. The topological polar surface area (TPSA) is 63.2 Å². The van der Waals surface area contributed by atoms with Gasteiger partial charge >= 0.3 is 5.97 Å². The highest BCUT2D eigenvalue weighted by molar-refractivity contribution is 5.90. The lowest BCUT2D eigenvalue weighted by Crippen LogP contribution is -2.32. The predicted molar refractivity (Wildman–Crippen MR) is 65.5 cm³/mol. The lowest BCUT2D eigenvalue weighted by Gasteiger charge is -2.22. The molecule has 0 bridgehead atoms. The standard InChI is InChI=1S/C13H16O6/c1-15-10-4-3-9(7-11(10)16-2)13(14)19-12-8-17-5-6-18-12/h3-4,7,12H,5-6,8H2,1-2H3. The molecule has 1 aromatic rings. The van der Waals surface area contributed by atoms with Crippen LogP contribution < -0.4 is 9.47 Å². The maximum absolute atomic E-state index is 11.9. The molecule has 2 rings (SSSR count). The zero-order valence-electron chi connectivity index (χ0n) is 10.9. The molecule has 0 amide bonds. The Kier molecular flexibility index (Phi) is 4.59. The van der Waals surface area contributed by atoms with Crippen molar-refractivity contribution in [2.45, 2.75) is 6.29 Å². The van der Waals surface area contributed by atoms with E-state index in [-0.39, 0.29) is 6.61 Å². The van der Waals surface area contributed by atoms with Gasteiger partial charge in [0.15, 0.2) is 11.5 Å². The number of carbonyl (C=O) groups is 1. The van der Waals surface area contributed by atoms with Gasteiger partial charge in [-0.1, -0.05) is 0 Å². The molecule has 0 spiro atoms. The number of benzene rings is 1. The molecule has 1 heterocycles. The smallest absolute Gasteiger partial charge is 0.340 e. The van der Waals surface area contributed by atoms with Gasteiger partial charge < -0.3 is 23.7 Å². The largest absolute Gasteiger partial charge is 0.493 e. The molecular weight excluding hydrogens is 252 g/mol. The first-order chi connectivity index (χ1) is 9.24. The summed E-state index contributed by atoms with van der Waals surface area (Å²) in [7, 11) is 3.04. The maximum atomic E-state index is 11.9. The normalized spacial score (nSPS) is 18.7. The van der Waals surface area contributed by atoms with Crippen molar-refractivity contribution in [3.8, 4) is 11.5 Å². The quantitative estimate of drug-likeness (QED) is 0.765. The van der Waals surface area contributed by atoms with Crippen molar-refractivity contribution in [3.05, 3.63) is 23.8 Å². The van der Waals surface area contributed by atoms with E-state index in [0.29, 0.717) is 30.3 Å². The minimum atomic E-state index is -0.658. The van der Waals surface area contributed by atoms with Crippen LogP contribution >= 0.6 is 0 Å². The highest BCUT2D eigenvalue weighted by atomic mass is 16.7. The summed E-state index contributed by atoms with van der Waals surface area (Å²) in [5.74, 6) is 0.533. The van der Waals surface area contributed by atoms with Gasteiger partial charge in [0, 0.05) is 0 Å². The van der Waals surface area contributed by atoms with Gasteiger partial charge in [-0.25, -0.2) is 4.79 Å². The summed E-state index contributed by atoms with van der Waals surface area (Å²) in [6.45, 7) is 1.19. The van der Waals surface area contributed by atoms with Gasteiger partial charge in [-0.05, 0) is 18.2 Å². The summed E-state index contributed by atoms with van der Waals surface area (Å²) < 4.78 is 25.8. The molecule has 0 radical (unpaired) electrons. The van der Waals surface area contributed by atoms with Crippen LogP contribution in [0.2, 0.25) is 0 Å². The fourth-order valence-corrected chi connectivity index (χ4v) is 1.68. The van der Waals surface area contributed by atoms with Crippen LogP contribution in [0.5, 0.6) is 11.5 Å². The van der Waals surface area contributed by atoms with Gasteiger partial charge in [0.05, 0.1) is 33.0 Å². The fourth-order valence-electron chi connectivity index (χ4n) is 1.68. The van der Waals surface area contributed by atoms with Gasteiger partial charge in [0.1, 0.15) is 6.61 Å². The van der Waals surface area contributed by atoms with Gasteiger partial charge in [0.25, 0.3) is 0 Å². The van der Waals surface area contributed by atoms with Gasteiger partial charge in [-0.2, -0.15) is 0 Å². The second-order valence-electron chi connectivity index (χ2n) is 3.85. The van der Waals surface area contributed by atoms with E-state index in [1.54, 1.807) is 18.2 Å². The SMILES string of the molecule is COc1ccc(C(=O)OC2COCCO2)cc1OC. The van der Waals surface area contributed by atoms with Crippen LogP contribution in [0, 0.1) is 0 Å². The Bertz CT molecular complexity index is 439. The van der Waals surface area contributed by atoms with Crippen molar-refractivity contribution in [2.75, 3.05) is 34.0 Å². The third kappa shape index (κ3) is 3.36. The first kappa shape index (κ1) is 13.6. The van der Waals surface area contributed by atoms with Crippen LogP contribution in [-0.4, -0.2) is 46.3 Å². The van der Waals surface area contributed by atoms with E-state index in [1.807, 2.05) is 0 Å². The highest BCUT2D eigenvalue weighted by Gasteiger charge is 2.20. The molecule has 1 fully saturated rings. The van der Waals surface area contributed by atoms with Crippen LogP contribution in [0.3, 0.4) is 0 Å². The van der Waals surface area contributed by atoms with Crippen LogP contribution in [0.25, 0.3) is 0 Å². The summed E-state index contributed by atoms with van der Waals surface area (Å²) in [4.78, 5) is 11.9. The Hall–Kier alpha value is -1.79.